The third kappa shape index (κ3) is 2.29. The van der Waals surface area contributed by atoms with E-state index < -0.39 is 0 Å². The van der Waals surface area contributed by atoms with Crippen LogP contribution in [0.4, 0.5) is 0 Å². The topological polar surface area (TPSA) is 67.2 Å². The normalized spacial score (nSPS) is 49.3. The van der Waals surface area contributed by atoms with Gasteiger partial charge in [0.15, 0.2) is 5.78 Å². The molecule has 4 aliphatic rings. The van der Waals surface area contributed by atoms with Crippen LogP contribution in [0.15, 0.2) is 11.6 Å². The second kappa shape index (κ2) is 6.02. The Bertz CT molecular complexity index is 719. The molecule has 0 aliphatic heterocycles. The Kier molecular flexibility index (Phi) is 4.15. The summed E-state index contributed by atoms with van der Waals surface area (Å²) in [6, 6.07) is 2.20. The number of rotatable bonds is 1. The zero-order valence-corrected chi connectivity index (χ0v) is 16.1. The quantitative estimate of drug-likeness (QED) is 0.670. The van der Waals surface area contributed by atoms with Gasteiger partial charge < -0.3 is 4.74 Å². The number of ketones is 2. The molecule has 26 heavy (non-hydrogen) atoms. The van der Waals surface area contributed by atoms with E-state index in [9.17, 15) is 9.59 Å². The molecule has 0 heterocycles. The molecule has 140 valence electrons. The minimum atomic E-state index is -0.353. The van der Waals surface area contributed by atoms with E-state index in [0.717, 1.165) is 25.7 Å². The van der Waals surface area contributed by atoms with Gasteiger partial charge in [0.25, 0.3) is 0 Å². The first-order chi connectivity index (χ1) is 12.3. The molecular weight excluding hydrogens is 326 g/mol. The summed E-state index contributed by atoms with van der Waals surface area (Å²) in [4.78, 5) is 25.8. The molecule has 4 heteroatoms. The number of fused-ring (bicyclic) bond motifs is 5. The van der Waals surface area contributed by atoms with Crippen LogP contribution in [0.2, 0.25) is 0 Å². The number of nitriles is 1. The van der Waals surface area contributed by atoms with Crippen LogP contribution in [0.5, 0.6) is 0 Å². The minimum Gasteiger partial charge on any atom is -0.374 e. The lowest BCUT2D eigenvalue weighted by Crippen LogP contribution is -2.58. The number of Topliss-reactive ketones (excluding diaryl/α,β-unsaturated/α-hetero) is 2. The van der Waals surface area contributed by atoms with Gasteiger partial charge in [-0.05, 0) is 60.7 Å². The standard InChI is InChI=1S/C22H29NO3/c1-21-11-18(25)20-15(16(21)7-5-13(21)8-9-23)6-4-14-10-17(24)19(26-3)12-22(14,20)2/h8,14-16,19-20H,4-7,10-12H2,1-3H3/b13-8-/t14-,15-,16-,19-,20+,21+,22-/m0/s1. The van der Waals surface area contributed by atoms with E-state index in [1.54, 1.807) is 13.2 Å². The van der Waals surface area contributed by atoms with E-state index in [1.807, 2.05) is 0 Å². The van der Waals surface area contributed by atoms with Crippen LogP contribution in [0.3, 0.4) is 0 Å². The molecular formula is C22H29NO3. The Labute approximate surface area is 156 Å². The lowest BCUT2D eigenvalue weighted by Gasteiger charge is -2.59. The summed E-state index contributed by atoms with van der Waals surface area (Å²) < 4.78 is 5.48. The van der Waals surface area contributed by atoms with Crippen LogP contribution >= 0.6 is 0 Å². The molecule has 7 atom stereocenters. The van der Waals surface area contributed by atoms with Gasteiger partial charge >= 0.3 is 0 Å². The summed E-state index contributed by atoms with van der Waals surface area (Å²) in [7, 11) is 1.61. The van der Waals surface area contributed by atoms with Crippen LogP contribution in [0.1, 0.15) is 58.8 Å². The molecule has 0 aromatic carbocycles. The summed E-state index contributed by atoms with van der Waals surface area (Å²) in [6.45, 7) is 4.45. The Morgan fingerprint density at radius 1 is 1.19 bits per heavy atom. The van der Waals surface area contributed by atoms with Crippen LogP contribution in [-0.4, -0.2) is 24.8 Å². The van der Waals surface area contributed by atoms with Gasteiger partial charge in [0.05, 0.1) is 6.07 Å². The average molecular weight is 355 g/mol. The number of carbonyl (C=O) groups excluding carboxylic acids is 2. The molecule has 0 spiro atoms. The smallest absolute Gasteiger partial charge is 0.161 e. The molecule has 0 amide bonds. The maximum Gasteiger partial charge on any atom is 0.161 e. The molecule has 4 aliphatic carbocycles. The van der Waals surface area contributed by atoms with Gasteiger partial charge in [0.2, 0.25) is 0 Å². The van der Waals surface area contributed by atoms with E-state index in [0.29, 0.717) is 42.8 Å². The second-order valence-corrected chi connectivity index (χ2v) is 9.52. The SMILES string of the molecule is CO[C@H]1C[C@@]2(C)[C@@H](CC[C@@H]3[C@@H]2C(=O)C[C@]2(C)/C(=C\C#N)CC[C@@H]32)CC1=O. The van der Waals surface area contributed by atoms with E-state index in [4.69, 9.17) is 10.00 Å². The Morgan fingerprint density at radius 2 is 1.96 bits per heavy atom. The number of hydrogen-bond acceptors (Lipinski definition) is 4. The summed E-state index contributed by atoms with van der Waals surface area (Å²) >= 11 is 0. The highest BCUT2D eigenvalue weighted by Gasteiger charge is 2.63. The highest BCUT2D eigenvalue weighted by molar-refractivity contribution is 5.87. The van der Waals surface area contributed by atoms with Crippen molar-refractivity contribution in [3.05, 3.63) is 11.6 Å². The Morgan fingerprint density at radius 3 is 2.65 bits per heavy atom. The van der Waals surface area contributed by atoms with Gasteiger partial charge in [-0.15, -0.1) is 0 Å². The number of carbonyl (C=O) groups is 2. The predicted molar refractivity (Wildman–Crippen MR) is 97.0 cm³/mol. The van der Waals surface area contributed by atoms with Gasteiger partial charge in [0, 0.05) is 31.9 Å². The number of methoxy groups -OCH3 is 1. The molecule has 0 saturated heterocycles. The first kappa shape index (κ1) is 17.9. The molecule has 0 aromatic rings. The zero-order chi connectivity index (χ0) is 18.7. The van der Waals surface area contributed by atoms with Crippen LogP contribution < -0.4 is 0 Å². The Balaban J connectivity index is 1.71. The molecule has 4 nitrogen and oxygen atoms in total. The monoisotopic (exact) mass is 355 g/mol. The first-order valence-corrected chi connectivity index (χ1v) is 10.0. The van der Waals surface area contributed by atoms with Crippen molar-refractivity contribution in [1.82, 2.24) is 0 Å². The van der Waals surface area contributed by atoms with Gasteiger partial charge in [-0.3, -0.25) is 9.59 Å². The van der Waals surface area contributed by atoms with Crippen molar-refractivity contribution in [2.45, 2.75) is 64.9 Å². The molecule has 0 unspecified atom stereocenters. The van der Waals surface area contributed by atoms with E-state index in [2.05, 4.69) is 19.9 Å². The first-order valence-electron chi connectivity index (χ1n) is 10.0. The van der Waals surface area contributed by atoms with Crippen molar-refractivity contribution in [2.75, 3.05) is 7.11 Å². The minimum absolute atomic E-state index is 0.0477. The fourth-order valence-electron chi connectivity index (χ4n) is 7.28. The molecule has 4 saturated carbocycles. The Hall–Kier alpha value is -1.47. The summed E-state index contributed by atoms with van der Waals surface area (Å²) in [5.74, 6) is 1.80. The van der Waals surface area contributed by atoms with E-state index in [-0.39, 0.29) is 28.6 Å². The van der Waals surface area contributed by atoms with Gasteiger partial charge in [-0.25, -0.2) is 0 Å². The highest BCUT2D eigenvalue weighted by atomic mass is 16.5. The van der Waals surface area contributed by atoms with Crippen molar-refractivity contribution in [2.24, 2.45) is 34.5 Å². The van der Waals surface area contributed by atoms with Crippen molar-refractivity contribution in [3.63, 3.8) is 0 Å². The number of ether oxygens (including phenoxy) is 1. The van der Waals surface area contributed by atoms with Crippen molar-refractivity contribution >= 4 is 11.6 Å². The third-order valence-corrected chi connectivity index (χ3v) is 8.56. The lowest BCUT2D eigenvalue weighted by atomic mass is 9.44. The van der Waals surface area contributed by atoms with Crippen LogP contribution in [0.25, 0.3) is 0 Å². The van der Waals surface area contributed by atoms with E-state index in [1.165, 1.54) is 5.57 Å². The number of allylic oxidation sites excluding steroid dienone is 2. The third-order valence-electron chi connectivity index (χ3n) is 8.56. The summed E-state index contributed by atoms with van der Waals surface area (Å²) in [5.41, 5.74) is 0.914. The zero-order valence-electron chi connectivity index (χ0n) is 16.1. The number of nitrogens with zero attached hydrogens (tertiary/aromatic N) is 1. The maximum absolute atomic E-state index is 13.4. The highest BCUT2D eigenvalue weighted by Crippen LogP contribution is 2.66. The van der Waals surface area contributed by atoms with Gasteiger partial charge in [0.1, 0.15) is 11.9 Å². The number of hydrogen-bond donors (Lipinski definition) is 0. The lowest BCUT2D eigenvalue weighted by molar-refractivity contribution is -0.166. The summed E-state index contributed by atoms with van der Waals surface area (Å²) in [6.07, 6.45) is 7.27. The fourth-order valence-corrected chi connectivity index (χ4v) is 7.28. The van der Waals surface area contributed by atoms with Crippen molar-refractivity contribution in [1.29, 1.82) is 5.26 Å². The van der Waals surface area contributed by atoms with Gasteiger partial charge in [-0.1, -0.05) is 19.4 Å². The predicted octanol–water partition coefficient (Wildman–Crippen LogP) is 3.85. The van der Waals surface area contributed by atoms with Crippen molar-refractivity contribution in [3.8, 4) is 6.07 Å². The van der Waals surface area contributed by atoms with E-state index >= 15 is 0 Å². The van der Waals surface area contributed by atoms with Gasteiger partial charge in [-0.2, -0.15) is 5.26 Å². The molecule has 0 aromatic heterocycles. The van der Waals surface area contributed by atoms with Crippen molar-refractivity contribution < 1.29 is 14.3 Å². The molecule has 0 N–H and O–H groups in total. The molecule has 0 radical (unpaired) electrons. The van der Waals surface area contributed by atoms with Crippen LogP contribution in [0, 0.1) is 45.8 Å². The largest absolute Gasteiger partial charge is 0.374 e. The van der Waals surface area contributed by atoms with Crippen LogP contribution in [-0.2, 0) is 14.3 Å². The molecule has 0 bridgehead atoms. The fraction of sp³-hybridized carbons (Fsp3) is 0.773. The average Bonchev–Trinajstić information content (AvgIpc) is 2.91. The molecule has 4 fully saturated rings. The maximum atomic E-state index is 13.4. The summed E-state index contributed by atoms with van der Waals surface area (Å²) in [5, 5.41) is 9.15. The molecule has 4 rings (SSSR count). The second-order valence-electron chi connectivity index (χ2n) is 9.52.